The van der Waals surface area contributed by atoms with Crippen LogP contribution in [0.15, 0.2) is 79.0 Å². The van der Waals surface area contributed by atoms with Gasteiger partial charge in [-0.15, -0.1) is 0 Å². The number of aliphatic hydroxyl groups is 2. The molecule has 11 nitrogen and oxygen atoms in total. The van der Waals surface area contributed by atoms with Crippen LogP contribution in [-0.4, -0.2) is 70.0 Å². The van der Waals surface area contributed by atoms with Gasteiger partial charge in [0.05, 0.1) is 43.2 Å². The summed E-state index contributed by atoms with van der Waals surface area (Å²) in [5, 5.41) is 27.7. The Hall–Kier alpha value is -4.81. The van der Waals surface area contributed by atoms with E-state index in [9.17, 15) is 15.0 Å². The Bertz CT molecular complexity index is 1790. The number of morpholine rings is 1. The number of aliphatic hydroxyl groups excluding tert-OH is 2. The van der Waals surface area contributed by atoms with Crippen LogP contribution in [0.5, 0.6) is 0 Å². The molecule has 11 heteroatoms. The Morgan fingerprint density at radius 2 is 1.83 bits per heavy atom. The van der Waals surface area contributed by atoms with Gasteiger partial charge in [-0.1, -0.05) is 49.4 Å². The summed E-state index contributed by atoms with van der Waals surface area (Å²) in [7, 11) is 0. The topological polar surface area (TPSA) is 162 Å². The van der Waals surface area contributed by atoms with Crippen LogP contribution in [-0.2, 0) is 17.7 Å². The fraction of sp³-hybridized carbons (Fsp3) is 0.286. The number of fused-ring (bicyclic) bond motifs is 1. The SMILES string of the molecule is CCc1c(CN[C@@H](CO)[C@H](O)c2ccccc2)cccc1Nc1c(C(N)=O)cnc2nc(-c3ccc(N4CCOCC4)cc3)[nH]c12. The first-order chi connectivity index (χ1) is 22.5. The number of nitrogens with two attached hydrogens (primary N) is 1. The van der Waals surface area contributed by atoms with Crippen molar-refractivity contribution in [2.45, 2.75) is 32.0 Å². The van der Waals surface area contributed by atoms with Gasteiger partial charge in [-0.3, -0.25) is 4.79 Å². The molecule has 2 aromatic heterocycles. The molecule has 2 atom stereocenters. The number of hydrogen-bond acceptors (Lipinski definition) is 9. The predicted molar refractivity (Wildman–Crippen MR) is 179 cm³/mol. The summed E-state index contributed by atoms with van der Waals surface area (Å²) in [6.45, 7) is 5.38. The molecule has 46 heavy (non-hydrogen) atoms. The second-order valence-electron chi connectivity index (χ2n) is 11.3. The minimum Gasteiger partial charge on any atom is -0.395 e. The average molecular weight is 622 g/mol. The van der Waals surface area contributed by atoms with Gasteiger partial charge in [0.1, 0.15) is 11.3 Å². The summed E-state index contributed by atoms with van der Waals surface area (Å²) in [6, 6.07) is 22.8. The lowest BCUT2D eigenvalue weighted by molar-refractivity contribution is 0.0891. The number of carbonyl (C=O) groups excluding carboxylic acids is 1. The second kappa shape index (κ2) is 14.1. The molecule has 238 valence electrons. The van der Waals surface area contributed by atoms with E-state index in [4.69, 9.17) is 15.5 Å². The first kappa shape index (κ1) is 31.2. The molecule has 5 aromatic rings. The lowest BCUT2D eigenvalue weighted by atomic mass is 10.00. The minimum atomic E-state index is -0.869. The number of aromatic amines is 1. The molecule has 1 fully saturated rings. The van der Waals surface area contributed by atoms with E-state index in [0.29, 0.717) is 48.9 Å². The summed E-state index contributed by atoms with van der Waals surface area (Å²) < 4.78 is 5.48. The molecule has 0 aliphatic carbocycles. The third-order valence-electron chi connectivity index (χ3n) is 8.46. The summed E-state index contributed by atoms with van der Waals surface area (Å²) in [5.74, 6) is 0.0147. The van der Waals surface area contributed by atoms with Crippen LogP contribution in [0, 0.1) is 0 Å². The molecule has 0 spiro atoms. The molecule has 3 heterocycles. The zero-order valence-electron chi connectivity index (χ0n) is 25.7. The highest BCUT2D eigenvalue weighted by Gasteiger charge is 2.22. The van der Waals surface area contributed by atoms with E-state index in [0.717, 1.165) is 46.7 Å². The Balaban J connectivity index is 1.28. The molecule has 6 rings (SSSR count). The molecule has 0 radical (unpaired) electrons. The monoisotopic (exact) mass is 621 g/mol. The number of ether oxygens (including phenoxy) is 1. The number of benzene rings is 3. The summed E-state index contributed by atoms with van der Waals surface area (Å²) >= 11 is 0. The number of aromatic nitrogens is 3. The van der Waals surface area contributed by atoms with Crippen molar-refractivity contribution in [1.82, 2.24) is 20.3 Å². The highest BCUT2D eigenvalue weighted by molar-refractivity contribution is 6.06. The van der Waals surface area contributed by atoms with Crippen LogP contribution >= 0.6 is 0 Å². The first-order valence-electron chi connectivity index (χ1n) is 15.5. The van der Waals surface area contributed by atoms with Crippen molar-refractivity contribution in [2.24, 2.45) is 5.73 Å². The van der Waals surface area contributed by atoms with E-state index in [1.165, 1.54) is 6.20 Å². The van der Waals surface area contributed by atoms with E-state index in [1.807, 2.05) is 60.7 Å². The van der Waals surface area contributed by atoms with E-state index in [-0.39, 0.29) is 12.2 Å². The molecule has 0 bridgehead atoms. The number of amides is 1. The lowest BCUT2D eigenvalue weighted by Crippen LogP contribution is -2.37. The number of nitrogens with one attached hydrogen (secondary N) is 3. The van der Waals surface area contributed by atoms with Crippen molar-refractivity contribution in [3.8, 4) is 11.4 Å². The number of pyridine rings is 1. The molecule has 7 N–H and O–H groups in total. The number of anilines is 3. The van der Waals surface area contributed by atoms with Crippen molar-refractivity contribution in [1.29, 1.82) is 0 Å². The Kier molecular flexibility index (Phi) is 9.55. The summed E-state index contributed by atoms with van der Waals surface area (Å²) in [6.07, 6.45) is 1.27. The van der Waals surface area contributed by atoms with Gasteiger partial charge >= 0.3 is 0 Å². The maximum Gasteiger partial charge on any atom is 0.252 e. The fourth-order valence-corrected chi connectivity index (χ4v) is 5.93. The number of hydrogen-bond donors (Lipinski definition) is 6. The highest BCUT2D eigenvalue weighted by atomic mass is 16.5. The quantitative estimate of drug-likeness (QED) is 0.121. The van der Waals surface area contributed by atoms with E-state index in [1.54, 1.807) is 0 Å². The molecule has 0 unspecified atom stereocenters. The zero-order chi connectivity index (χ0) is 32.0. The maximum atomic E-state index is 12.6. The number of nitrogens with zero attached hydrogens (tertiary/aromatic N) is 3. The van der Waals surface area contributed by atoms with E-state index >= 15 is 0 Å². The van der Waals surface area contributed by atoms with Crippen LogP contribution < -0.4 is 21.3 Å². The van der Waals surface area contributed by atoms with Crippen molar-refractivity contribution in [2.75, 3.05) is 43.1 Å². The van der Waals surface area contributed by atoms with Crippen LogP contribution in [0.3, 0.4) is 0 Å². The number of carbonyl (C=O) groups is 1. The largest absolute Gasteiger partial charge is 0.395 e. The van der Waals surface area contributed by atoms with Gasteiger partial charge in [0.15, 0.2) is 5.65 Å². The van der Waals surface area contributed by atoms with Crippen LogP contribution in [0.25, 0.3) is 22.6 Å². The molecular formula is C35H39N7O4. The van der Waals surface area contributed by atoms with Crippen molar-refractivity contribution in [3.63, 3.8) is 0 Å². The van der Waals surface area contributed by atoms with Crippen molar-refractivity contribution >= 4 is 34.1 Å². The second-order valence-corrected chi connectivity index (χ2v) is 11.3. The van der Waals surface area contributed by atoms with Crippen LogP contribution in [0.1, 0.15) is 40.1 Å². The summed E-state index contributed by atoms with van der Waals surface area (Å²) in [4.78, 5) is 27.4. The van der Waals surface area contributed by atoms with Crippen LogP contribution in [0.4, 0.5) is 17.1 Å². The van der Waals surface area contributed by atoms with Gasteiger partial charge in [-0.05, 0) is 53.4 Å². The third-order valence-corrected chi connectivity index (χ3v) is 8.46. The standard InChI is InChI=1S/C35H39N7O4/c1-2-26-24(19-37-29(21-43)32(44)22-7-4-3-5-8-22)9-6-10-28(26)39-30-27(33(36)45)20-38-35-31(30)40-34(41-35)23-11-13-25(14-12-23)42-15-17-46-18-16-42/h3-14,20,29,32,37,43-44H,2,15-19,21H2,1H3,(H2,36,45)(H2,38,39,40,41)/t29-,32+/m0/s1. The van der Waals surface area contributed by atoms with Gasteiger partial charge < -0.3 is 41.2 Å². The number of rotatable bonds is 12. The number of primary amides is 1. The zero-order valence-corrected chi connectivity index (χ0v) is 25.7. The first-order valence-corrected chi connectivity index (χ1v) is 15.5. The minimum absolute atomic E-state index is 0.232. The van der Waals surface area contributed by atoms with Gasteiger partial charge in [-0.2, -0.15) is 0 Å². The number of imidazole rings is 1. The van der Waals surface area contributed by atoms with E-state index < -0.39 is 18.1 Å². The lowest BCUT2D eigenvalue weighted by Gasteiger charge is -2.28. The van der Waals surface area contributed by atoms with Crippen LogP contribution in [0.2, 0.25) is 0 Å². The van der Waals surface area contributed by atoms with Gasteiger partial charge in [0, 0.05) is 42.8 Å². The van der Waals surface area contributed by atoms with Gasteiger partial charge in [0.2, 0.25) is 0 Å². The Morgan fingerprint density at radius 3 is 2.52 bits per heavy atom. The van der Waals surface area contributed by atoms with Crippen molar-refractivity contribution in [3.05, 3.63) is 101 Å². The molecular weight excluding hydrogens is 582 g/mol. The van der Waals surface area contributed by atoms with E-state index in [2.05, 4.69) is 44.6 Å². The highest BCUT2D eigenvalue weighted by Crippen LogP contribution is 2.33. The normalized spacial score (nSPS) is 14.7. The maximum absolute atomic E-state index is 12.6. The van der Waals surface area contributed by atoms with Crippen molar-refractivity contribution < 1.29 is 19.7 Å². The van der Waals surface area contributed by atoms with Gasteiger partial charge in [0.25, 0.3) is 5.91 Å². The Morgan fingerprint density at radius 1 is 1.07 bits per heavy atom. The molecule has 1 saturated heterocycles. The molecule has 1 aliphatic heterocycles. The third kappa shape index (κ3) is 6.58. The number of H-pyrrole nitrogens is 1. The van der Waals surface area contributed by atoms with Gasteiger partial charge in [-0.25, -0.2) is 9.97 Å². The Labute approximate surface area is 267 Å². The average Bonchev–Trinajstić information content (AvgIpc) is 3.54. The predicted octanol–water partition coefficient (Wildman–Crippen LogP) is 4.05. The molecule has 3 aromatic carbocycles. The fourth-order valence-electron chi connectivity index (χ4n) is 5.93. The summed E-state index contributed by atoms with van der Waals surface area (Å²) in [5.41, 5.74) is 13.1. The molecule has 1 amide bonds. The smallest absolute Gasteiger partial charge is 0.252 e. The molecule has 1 aliphatic rings. The molecule has 0 saturated carbocycles.